The number of aromatic nitrogens is 1. The Morgan fingerprint density at radius 2 is 1.89 bits per heavy atom. The van der Waals surface area contributed by atoms with Crippen molar-refractivity contribution in [1.29, 1.82) is 0 Å². The summed E-state index contributed by atoms with van der Waals surface area (Å²) in [7, 11) is 1.27. The van der Waals surface area contributed by atoms with E-state index in [9.17, 15) is 14.4 Å². The number of aromatic amines is 1. The number of carbonyl (C=O) groups is 2. The molecule has 0 radical (unpaired) electrons. The number of pyridine rings is 1. The molecule has 0 bridgehead atoms. The summed E-state index contributed by atoms with van der Waals surface area (Å²) >= 11 is 0. The summed E-state index contributed by atoms with van der Waals surface area (Å²) < 4.78 is 4.57. The first-order valence-electron chi connectivity index (χ1n) is 8.43. The molecule has 0 aliphatic carbocycles. The predicted molar refractivity (Wildman–Crippen MR) is 104 cm³/mol. The van der Waals surface area contributed by atoms with E-state index in [2.05, 4.69) is 20.4 Å². The van der Waals surface area contributed by atoms with Crippen LogP contribution in [-0.4, -0.2) is 24.1 Å². The van der Waals surface area contributed by atoms with E-state index in [1.807, 2.05) is 13.0 Å². The molecule has 2 amide bonds. The summed E-state index contributed by atoms with van der Waals surface area (Å²) in [6.45, 7) is 1.95. The number of hydrogen-bond acceptors (Lipinski definition) is 4. The van der Waals surface area contributed by atoms with Crippen LogP contribution in [0.25, 0.3) is 10.9 Å². The average Bonchev–Trinajstić information content (AvgIpc) is 2.68. The lowest BCUT2D eigenvalue weighted by Gasteiger charge is -2.12. The third-order valence-electron chi connectivity index (χ3n) is 4.20. The molecular formula is C20H19N3O4. The normalized spacial score (nSPS) is 10.4. The van der Waals surface area contributed by atoms with Gasteiger partial charge in [0.2, 0.25) is 5.43 Å². The molecule has 0 atom stereocenters. The topological polar surface area (TPSA) is 100 Å². The Hall–Kier alpha value is -3.61. The smallest absolute Gasteiger partial charge is 0.411 e. The van der Waals surface area contributed by atoms with E-state index in [1.165, 1.54) is 13.3 Å². The number of aryl methyl sites for hydroxylation is 1. The summed E-state index contributed by atoms with van der Waals surface area (Å²) in [5, 5.41) is 5.76. The maximum Gasteiger partial charge on any atom is 0.411 e. The fourth-order valence-corrected chi connectivity index (χ4v) is 2.77. The Morgan fingerprint density at radius 1 is 1.11 bits per heavy atom. The number of fused-ring (bicyclic) bond motifs is 1. The molecule has 138 valence electrons. The Labute approximate surface area is 155 Å². The standard InChI is InChI=1S/C20H19N3O4/c1-3-12-8-9-13(22-20(26)27-2)10-17(12)23-19(25)15-11-21-16-7-5-4-6-14(16)18(15)24/h4-11H,3H2,1-2H3,(H,21,24)(H,22,26)(H,23,25). The second-order valence-electron chi connectivity index (χ2n) is 5.87. The Bertz CT molecular complexity index is 1070. The van der Waals surface area contributed by atoms with Crippen LogP contribution in [0.3, 0.4) is 0 Å². The molecule has 3 rings (SSSR count). The average molecular weight is 365 g/mol. The van der Waals surface area contributed by atoms with Crippen molar-refractivity contribution in [2.45, 2.75) is 13.3 Å². The lowest BCUT2D eigenvalue weighted by molar-refractivity contribution is 0.102. The summed E-state index contributed by atoms with van der Waals surface area (Å²) in [5.41, 5.74) is 2.20. The van der Waals surface area contributed by atoms with Crippen molar-refractivity contribution in [1.82, 2.24) is 4.98 Å². The fraction of sp³-hybridized carbons (Fsp3) is 0.150. The first-order valence-corrected chi connectivity index (χ1v) is 8.43. The largest absolute Gasteiger partial charge is 0.453 e. The van der Waals surface area contributed by atoms with Crippen molar-refractivity contribution in [3.63, 3.8) is 0 Å². The van der Waals surface area contributed by atoms with Crippen LogP contribution in [0.1, 0.15) is 22.8 Å². The minimum Gasteiger partial charge on any atom is -0.453 e. The van der Waals surface area contributed by atoms with Crippen LogP contribution in [0, 0.1) is 0 Å². The quantitative estimate of drug-likeness (QED) is 0.658. The number of ether oxygens (including phenoxy) is 1. The van der Waals surface area contributed by atoms with Gasteiger partial charge in [0.15, 0.2) is 0 Å². The highest BCUT2D eigenvalue weighted by Crippen LogP contribution is 2.22. The van der Waals surface area contributed by atoms with Gasteiger partial charge in [-0.15, -0.1) is 0 Å². The zero-order valence-corrected chi connectivity index (χ0v) is 15.0. The number of anilines is 2. The Morgan fingerprint density at radius 3 is 2.63 bits per heavy atom. The maximum atomic E-state index is 12.7. The summed E-state index contributed by atoms with van der Waals surface area (Å²) in [4.78, 5) is 39.7. The molecule has 0 saturated heterocycles. The highest BCUT2D eigenvalue weighted by Gasteiger charge is 2.15. The van der Waals surface area contributed by atoms with Gasteiger partial charge in [-0.25, -0.2) is 4.79 Å². The molecule has 7 nitrogen and oxygen atoms in total. The first kappa shape index (κ1) is 18.2. The van der Waals surface area contributed by atoms with Gasteiger partial charge in [-0.1, -0.05) is 25.1 Å². The van der Waals surface area contributed by atoms with Gasteiger partial charge in [-0.2, -0.15) is 0 Å². The molecule has 0 fully saturated rings. The summed E-state index contributed by atoms with van der Waals surface area (Å²) in [6.07, 6.45) is 1.46. The summed E-state index contributed by atoms with van der Waals surface area (Å²) in [6, 6.07) is 12.1. The number of para-hydroxylation sites is 1. The van der Waals surface area contributed by atoms with E-state index in [0.717, 1.165) is 5.56 Å². The summed E-state index contributed by atoms with van der Waals surface area (Å²) in [5.74, 6) is -0.521. The fourth-order valence-electron chi connectivity index (χ4n) is 2.77. The zero-order chi connectivity index (χ0) is 19.4. The molecule has 0 spiro atoms. The molecule has 0 aliphatic heterocycles. The van der Waals surface area contributed by atoms with E-state index < -0.39 is 12.0 Å². The predicted octanol–water partition coefficient (Wildman–Crippen LogP) is 3.52. The highest BCUT2D eigenvalue weighted by atomic mass is 16.5. The number of methoxy groups -OCH3 is 1. The van der Waals surface area contributed by atoms with Crippen LogP contribution in [0.5, 0.6) is 0 Å². The van der Waals surface area contributed by atoms with Gasteiger partial charge in [-0.3, -0.25) is 14.9 Å². The molecular weight excluding hydrogens is 346 g/mol. The highest BCUT2D eigenvalue weighted by molar-refractivity contribution is 6.06. The molecule has 1 heterocycles. The molecule has 27 heavy (non-hydrogen) atoms. The van der Waals surface area contributed by atoms with Crippen LogP contribution < -0.4 is 16.1 Å². The molecule has 1 aromatic heterocycles. The van der Waals surface area contributed by atoms with Crippen LogP contribution >= 0.6 is 0 Å². The van der Waals surface area contributed by atoms with E-state index in [4.69, 9.17) is 0 Å². The molecule has 0 saturated carbocycles. The number of carbonyl (C=O) groups excluding carboxylic acids is 2. The second-order valence-corrected chi connectivity index (χ2v) is 5.87. The van der Waals surface area contributed by atoms with Gasteiger partial charge < -0.3 is 15.0 Å². The molecule has 0 unspecified atom stereocenters. The van der Waals surface area contributed by atoms with Gasteiger partial charge in [0.05, 0.1) is 7.11 Å². The van der Waals surface area contributed by atoms with Crippen LogP contribution in [-0.2, 0) is 11.2 Å². The van der Waals surface area contributed by atoms with Gasteiger partial charge in [0.1, 0.15) is 5.56 Å². The van der Waals surface area contributed by atoms with Crippen LogP contribution in [0.4, 0.5) is 16.2 Å². The number of nitrogens with one attached hydrogen (secondary N) is 3. The van der Waals surface area contributed by atoms with Crippen molar-refractivity contribution >= 4 is 34.3 Å². The van der Waals surface area contributed by atoms with Crippen molar-refractivity contribution in [2.75, 3.05) is 17.7 Å². The number of H-pyrrole nitrogens is 1. The van der Waals surface area contributed by atoms with E-state index >= 15 is 0 Å². The lowest BCUT2D eigenvalue weighted by atomic mass is 10.1. The lowest BCUT2D eigenvalue weighted by Crippen LogP contribution is -2.22. The molecule has 3 N–H and O–H groups in total. The molecule has 3 aromatic rings. The van der Waals surface area contributed by atoms with Crippen molar-refractivity contribution in [3.8, 4) is 0 Å². The minimum atomic E-state index is -0.609. The zero-order valence-electron chi connectivity index (χ0n) is 15.0. The van der Waals surface area contributed by atoms with Crippen molar-refractivity contribution in [2.24, 2.45) is 0 Å². The second kappa shape index (κ2) is 7.74. The van der Waals surface area contributed by atoms with Crippen LogP contribution in [0.2, 0.25) is 0 Å². The van der Waals surface area contributed by atoms with Gasteiger partial charge >= 0.3 is 6.09 Å². The molecule has 2 aromatic carbocycles. The SMILES string of the molecule is CCc1ccc(NC(=O)OC)cc1NC(=O)c1c[nH]c2ccccc2c1=O. The minimum absolute atomic E-state index is 0.0158. The maximum absolute atomic E-state index is 12.7. The van der Waals surface area contributed by atoms with E-state index in [-0.39, 0.29) is 11.0 Å². The number of amides is 2. The van der Waals surface area contributed by atoms with Crippen molar-refractivity contribution < 1.29 is 14.3 Å². The van der Waals surface area contributed by atoms with E-state index in [1.54, 1.807) is 36.4 Å². The first-order chi connectivity index (χ1) is 13.0. The molecule has 7 heteroatoms. The third-order valence-corrected chi connectivity index (χ3v) is 4.20. The van der Waals surface area contributed by atoms with Gasteiger partial charge in [0.25, 0.3) is 5.91 Å². The van der Waals surface area contributed by atoms with E-state index in [0.29, 0.717) is 28.7 Å². The van der Waals surface area contributed by atoms with Gasteiger partial charge in [0, 0.05) is 28.5 Å². The monoisotopic (exact) mass is 365 g/mol. The molecule has 0 aliphatic rings. The Kier molecular flexibility index (Phi) is 5.21. The van der Waals surface area contributed by atoms with Crippen LogP contribution in [0.15, 0.2) is 53.5 Å². The third kappa shape index (κ3) is 3.82. The number of rotatable bonds is 4. The Balaban J connectivity index is 1.93. The number of benzene rings is 2. The van der Waals surface area contributed by atoms with Crippen molar-refractivity contribution in [3.05, 3.63) is 70.0 Å². The van der Waals surface area contributed by atoms with Gasteiger partial charge in [-0.05, 0) is 36.2 Å². The number of hydrogen-bond donors (Lipinski definition) is 3.